The van der Waals surface area contributed by atoms with Crippen LogP contribution in [0.4, 0.5) is 0 Å². The summed E-state index contributed by atoms with van der Waals surface area (Å²) >= 11 is 0. The van der Waals surface area contributed by atoms with Crippen LogP contribution < -0.4 is 0 Å². The van der Waals surface area contributed by atoms with Crippen LogP contribution in [0, 0.1) is 5.41 Å². The van der Waals surface area contributed by atoms with Crippen LogP contribution in [0.2, 0.25) is 0 Å². The second kappa shape index (κ2) is 2.72. The zero-order valence-corrected chi connectivity index (χ0v) is 7.73. The Bertz CT molecular complexity index is 233. The van der Waals surface area contributed by atoms with Gasteiger partial charge >= 0.3 is 0 Å². The van der Waals surface area contributed by atoms with Gasteiger partial charge in [-0.15, -0.1) is 0 Å². The number of allylic oxidation sites excluding steroid dienone is 2. The van der Waals surface area contributed by atoms with Crippen molar-refractivity contribution in [3.63, 3.8) is 0 Å². The number of hydrogen-bond donors (Lipinski definition) is 0. The Morgan fingerprint density at radius 3 is 2.75 bits per heavy atom. The summed E-state index contributed by atoms with van der Waals surface area (Å²) in [6.07, 6.45) is 8.84. The van der Waals surface area contributed by atoms with Gasteiger partial charge in [-0.05, 0) is 44.1 Å². The first-order valence-electron chi connectivity index (χ1n) is 5.02. The number of rotatable bonds is 3. The van der Waals surface area contributed by atoms with Crippen LogP contribution in [-0.2, 0) is 4.79 Å². The molecule has 1 fully saturated rings. The Kier molecular flexibility index (Phi) is 1.82. The van der Waals surface area contributed by atoms with Crippen molar-refractivity contribution in [1.82, 2.24) is 0 Å². The maximum atomic E-state index is 11.9. The van der Waals surface area contributed by atoms with Crippen molar-refractivity contribution in [3.05, 3.63) is 11.6 Å². The minimum atomic E-state index is 0.107. The van der Waals surface area contributed by atoms with E-state index in [1.165, 1.54) is 6.42 Å². The molecule has 2 aliphatic carbocycles. The van der Waals surface area contributed by atoms with Gasteiger partial charge in [-0.2, -0.15) is 0 Å². The summed E-state index contributed by atoms with van der Waals surface area (Å²) in [5, 5.41) is 0. The Hall–Kier alpha value is -0.590. The summed E-state index contributed by atoms with van der Waals surface area (Å²) in [5.74, 6) is 0.475. The number of carbonyl (C=O) groups excluding carboxylic acids is 1. The molecular formula is C11H16O. The van der Waals surface area contributed by atoms with E-state index in [4.69, 9.17) is 0 Å². The Balaban J connectivity index is 2.09. The molecule has 0 aromatic heterocycles. The Morgan fingerprint density at radius 2 is 2.33 bits per heavy atom. The van der Waals surface area contributed by atoms with Crippen LogP contribution in [-0.4, -0.2) is 5.78 Å². The van der Waals surface area contributed by atoms with Gasteiger partial charge in [0, 0.05) is 5.41 Å². The fourth-order valence-electron chi connectivity index (χ4n) is 2.11. The number of hydrogen-bond acceptors (Lipinski definition) is 1. The monoisotopic (exact) mass is 164 g/mol. The fraction of sp³-hybridized carbons (Fsp3) is 0.727. The van der Waals surface area contributed by atoms with Crippen molar-refractivity contribution < 1.29 is 4.79 Å². The maximum absolute atomic E-state index is 11.9. The van der Waals surface area contributed by atoms with Gasteiger partial charge in [0.2, 0.25) is 0 Å². The van der Waals surface area contributed by atoms with Crippen LogP contribution in [0.25, 0.3) is 0 Å². The largest absolute Gasteiger partial charge is 0.294 e. The normalized spacial score (nSPS) is 25.2. The van der Waals surface area contributed by atoms with Gasteiger partial charge in [-0.25, -0.2) is 0 Å². The first-order valence-corrected chi connectivity index (χ1v) is 5.02. The molecule has 0 bridgehead atoms. The van der Waals surface area contributed by atoms with Gasteiger partial charge in [0.1, 0.15) is 0 Å². The lowest BCUT2D eigenvalue weighted by Gasteiger charge is -2.10. The van der Waals surface area contributed by atoms with E-state index in [0.29, 0.717) is 5.78 Å². The third-order valence-corrected chi connectivity index (χ3v) is 3.34. The molecule has 0 amide bonds. The van der Waals surface area contributed by atoms with Gasteiger partial charge in [-0.1, -0.05) is 13.0 Å². The summed E-state index contributed by atoms with van der Waals surface area (Å²) in [6.45, 7) is 2.14. The first kappa shape index (κ1) is 8.03. The van der Waals surface area contributed by atoms with Gasteiger partial charge in [0.15, 0.2) is 5.78 Å². The summed E-state index contributed by atoms with van der Waals surface area (Å²) in [7, 11) is 0. The molecule has 0 saturated heterocycles. The summed E-state index contributed by atoms with van der Waals surface area (Å²) in [6, 6.07) is 0. The van der Waals surface area contributed by atoms with Crippen molar-refractivity contribution in [2.45, 2.75) is 45.4 Å². The molecule has 1 nitrogen and oxygen atoms in total. The van der Waals surface area contributed by atoms with E-state index < -0.39 is 0 Å². The van der Waals surface area contributed by atoms with Crippen LogP contribution in [0.1, 0.15) is 45.4 Å². The highest BCUT2D eigenvalue weighted by Gasteiger charge is 2.48. The SMILES string of the molecule is CCC1(C(=O)C2=CCCC2)CC1. The molecule has 66 valence electrons. The highest BCUT2D eigenvalue weighted by molar-refractivity contribution is 6.01. The van der Waals surface area contributed by atoms with E-state index >= 15 is 0 Å². The second-order valence-corrected chi connectivity index (χ2v) is 4.08. The minimum absolute atomic E-state index is 0.107. The van der Waals surface area contributed by atoms with E-state index in [1.54, 1.807) is 0 Å². The molecule has 0 N–H and O–H groups in total. The van der Waals surface area contributed by atoms with Crippen LogP contribution in [0.15, 0.2) is 11.6 Å². The average molecular weight is 164 g/mol. The molecule has 1 heteroatoms. The smallest absolute Gasteiger partial charge is 0.164 e. The number of Topliss-reactive ketones (excluding diaryl/α,β-unsaturated/α-hetero) is 1. The van der Waals surface area contributed by atoms with Gasteiger partial charge in [-0.3, -0.25) is 4.79 Å². The molecule has 0 unspecified atom stereocenters. The lowest BCUT2D eigenvalue weighted by atomic mass is 9.92. The van der Waals surface area contributed by atoms with Crippen molar-refractivity contribution in [2.24, 2.45) is 5.41 Å². The zero-order chi connectivity index (χ0) is 8.60. The molecule has 0 radical (unpaired) electrons. The molecule has 0 aliphatic heterocycles. The van der Waals surface area contributed by atoms with Crippen molar-refractivity contribution in [1.29, 1.82) is 0 Å². The average Bonchev–Trinajstić information content (AvgIpc) is 2.71. The van der Waals surface area contributed by atoms with Crippen LogP contribution >= 0.6 is 0 Å². The van der Waals surface area contributed by atoms with Crippen LogP contribution in [0.3, 0.4) is 0 Å². The Morgan fingerprint density at radius 1 is 1.58 bits per heavy atom. The first-order chi connectivity index (χ1) is 5.78. The molecule has 12 heavy (non-hydrogen) atoms. The number of carbonyl (C=O) groups is 1. The quantitative estimate of drug-likeness (QED) is 0.627. The van der Waals surface area contributed by atoms with E-state index in [0.717, 1.165) is 37.7 Å². The van der Waals surface area contributed by atoms with Crippen LogP contribution in [0.5, 0.6) is 0 Å². The second-order valence-electron chi connectivity index (χ2n) is 4.08. The van der Waals surface area contributed by atoms with Crippen molar-refractivity contribution in [3.8, 4) is 0 Å². The predicted octanol–water partition coefficient (Wildman–Crippen LogP) is 2.86. The zero-order valence-electron chi connectivity index (χ0n) is 7.73. The summed E-state index contributed by atoms with van der Waals surface area (Å²) < 4.78 is 0. The summed E-state index contributed by atoms with van der Waals surface area (Å²) in [5.41, 5.74) is 1.24. The molecule has 0 spiro atoms. The van der Waals surface area contributed by atoms with Gasteiger partial charge in [0.25, 0.3) is 0 Å². The molecular weight excluding hydrogens is 148 g/mol. The van der Waals surface area contributed by atoms with Crippen molar-refractivity contribution in [2.75, 3.05) is 0 Å². The molecule has 0 heterocycles. The standard InChI is InChI=1S/C11H16O/c1-2-11(7-8-11)10(12)9-5-3-4-6-9/h5H,2-4,6-8H2,1H3. The maximum Gasteiger partial charge on any atom is 0.164 e. The van der Waals surface area contributed by atoms with E-state index in [1.807, 2.05) is 0 Å². The Labute approximate surface area is 73.8 Å². The number of ketones is 1. The lowest BCUT2D eigenvalue weighted by molar-refractivity contribution is -0.120. The molecule has 0 atom stereocenters. The summed E-state index contributed by atoms with van der Waals surface area (Å²) in [4.78, 5) is 11.9. The minimum Gasteiger partial charge on any atom is -0.294 e. The fourth-order valence-corrected chi connectivity index (χ4v) is 2.11. The molecule has 1 saturated carbocycles. The van der Waals surface area contributed by atoms with E-state index in [-0.39, 0.29) is 5.41 Å². The van der Waals surface area contributed by atoms with E-state index in [2.05, 4.69) is 13.0 Å². The van der Waals surface area contributed by atoms with Gasteiger partial charge < -0.3 is 0 Å². The third-order valence-electron chi connectivity index (χ3n) is 3.34. The molecule has 2 aliphatic rings. The highest BCUT2D eigenvalue weighted by atomic mass is 16.1. The third kappa shape index (κ3) is 1.12. The molecule has 0 aromatic carbocycles. The lowest BCUT2D eigenvalue weighted by Crippen LogP contribution is -2.16. The molecule has 0 aromatic rings. The highest BCUT2D eigenvalue weighted by Crippen LogP contribution is 2.51. The van der Waals surface area contributed by atoms with Crippen molar-refractivity contribution >= 4 is 5.78 Å². The molecule has 2 rings (SSSR count). The van der Waals surface area contributed by atoms with E-state index in [9.17, 15) is 4.79 Å². The predicted molar refractivity (Wildman–Crippen MR) is 48.9 cm³/mol. The van der Waals surface area contributed by atoms with Gasteiger partial charge in [0.05, 0.1) is 0 Å². The topological polar surface area (TPSA) is 17.1 Å².